The molecule has 0 aromatic carbocycles. The maximum Gasteiger partial charge on any atom is 0.0921 e. The van der Waals surface area contributed by atoms with Crippen molar-refractivity contribution in [2.24, 2.45) is 0 Å². The maximum atomic E-state index is 4.04. The summed E-state index contributed by atoms with van der Waals surface area (Å²) in [6.07, 6.45) is 9.57. The van der Waals surface area contributed by atoms with Crippen molar-refractivity contribution in [2.45, 2.75) is 26.7 Å². The summed E-state index contributed by atoms with van der Waals surface area (Å²) < 4.78 is 0. The van der Waals surface area contributed by atoms with Gasteiger partial charge in [0.15, 0.2) is 0 Å². The van der Waals surface area contributed by atoms with E-state index >= 15 is 0 Å². The fraction of sp³-hybridized carbons (Fsp3) is 0.308. The van der Waals surface area contributed by atoms with Crippen molar-refractivity contribution in [3.8, 4) is 0 Å². The van der Waals surface area contributed by atoms with Gasteiger partial charge in [0.1, 0.15) is 0 Å². The highest BCUT2D eigenvalue weighted by Crippen LogP contribution is 2.27. The lowest BCUT2D eigenvalue weighted by molar-refractivity contribution is 0.865. The molecule has 0 fully saturated rings. The molecule has 2 heteroatoms. The quantitative estimate of drug-likeness (QED) is 0.742. The average molecular weight is 202 g/mol. The topological polar surface area (TPSA) is 28.7 Å². The minimum atomic E-state index is 0.321. The van der Waals surface area contributed by atoms with Gasteiger partial charge in [-0.15, -0.1) is 0 Å². The van der Waals surface area contributed by atoms with E-state index in [0.29, 0.717) is 5.92 Å². The summed E-state index contributed by atoms with van der Waals surface area (Å²) >= 11 is 0. The van der Waals surface area contributed by atoms with E-state index in [9.17, 15) is 0 Å². The van der Waals surface area contributed by atoms with Gasteiger partial charge in [-0.25, -0.2) is 4.98 Å². The second kappa shape index (κ2) is 5.35. The van der Waals surface area contributed by atoms with Gasteiger partial charge >= 0.3 is 0 Å². The number of hydrogen-bond acceptors (Lipinski definition) is 1. The molecule has 0 aliphatic rings. The Hall–Kier alpha value is -1.57. The Morgan fingerprint density at radius 2 is 2.33 bits per heavy atom. The maximum absolute atomic E-state index is 4.04. The molecular weight excluding hydrogens is 184 g/mol. The Morgan fingerprint density at radius 3 is 2.80 bits per heavy atom. The van der Waals surface area contributed by atoms with Crippen LogP contribution in [0.4, 0.5) is 0 Å². The van der Waals surface area contributed by atoms with Gasteiger partial charge in [-0.3, -0.25) is 0 Å². The molecule has 2 nitrogen and oxygen atoms in total. The first kappa shape index (κ1) is 11.5. The molecule has 15 heavy (non-hydrogen) atoms. The normalized spacial score (nSPS) is 15.1. The molecule has 1 aromatic heterocycles. The lowest BCUT2D eigenvalue weighted by Crippen LogP contribution is -2.00. The van der Waals surface area contributed by atoms with Crippen LogP contribution in [0.25, 0.3) is 0 Å². The smallest absolute Gasteiger partial charge is 0.0921 e. The van der Waals surface area contributed by atoms with Crippen molar-refractivity contribution in [1.29, 1.82) is 0 Å². The van der Waals surface area contributed by atoms with Crippen molar-refractivity contribution in [1.82, 2.24) is 9.97 Å². The van der Waals surface area contributed by atoms with E-state index in [-0.39, 0.29) is 0 Å². The van der Waals surface area contributed by atoms with E-state index in [2.05, 4.69) is 42.5 Å². The standard InChI is InChI=1S/C13H18N2/c1-5-7-12(10(3)6-2)11(4)13-8-14-9-15-13/h5-9,11H,1H2,2-4H3,(H,14,15)/b10-6?,12-7+. The molecule has 0 aliphatic carbocycles. The summed E-state index contributed by atoms with van der Waals surface area (Å²) in [6, 6.07) is 0. The molecule has 1 heterocycles. The number of allylic oxidation sites excluding steroid dienone is 5. The Balaban J connectivity index is 3.01. The summed E-state index contributed by atoms with van der Waals surface area (Å²) in [4.78, 5) is 7.18. The fourth-order valence-electron chi connectivity index (χ4n) is 1.58. The molecule has 1 unspecified atom stereocenters. The van der Waals surface area contributed by atoms with Crippen LogP contribution in [0.5, 0.6) is 0 Å². The lowest BCUT2D eigenvalue weighted by Gasteiger charge is -2.14. The summed E-state index contributed by atoms with van der Waals surface area (Å²) in [5.74, 6) is 0.321. The van der Waals surface area contributed by atoms with Crippen molar-refractivity contribution in [2.75, 3.05) is 0 Å². The van der Waals surface area contributed by atoms with Gasteiger partial charge in [-0.1, -0.05) is 37.3 Å². The molecule has 0 saturated heterocycles. The highest BCUT2D eigenvalue weighted by Gasteiger charge is 2.12. The Bertz CT molecular complexity index is 369. The third-order valence-electron chi connectivity index (χ3n) is 2.64. The largest absolute Gasteiger partial charge is 0.348 e. The minimum absolute atomic E-state index is 0.321. The molecule has 0 saturated carbocycles. The molecular formula is C13H18N2. The van der Waals surface area contributed by atoms with E-state index in [1.54, 1.807) is 6.33 Å². The molecule has 0 spiro atoms. The number of nitrogens with zero attached hydrogens (tertiary/aromatic N) is 1. The zero-order valence-corrected chi connectivity index (χ0v) is 9.62. The average Bonchev–Trinajstić information content (AvgIpc) is 2.77. The van der Waals surface area contributed by atoms with Gasteiger partial charge in [0, 0.05) is 17.8 Å². The predicted octanol–water partition coefficient (Wildman–Crippen LogP) is 3.59. The van der Waals surface area contributed by atoms with Gasteiger partial charge in [0.25, 0.3) is 0 Å². The van der Waals surface area contributed by atoms with E-state index in [0.717, 1.165) is 5.69 Å². The predicted molar refractivity (Wildman–Crippen MR) is 64.7 cm³/mol. The molecule has 0 amide bonds. The van der Waals surface area contributed by atoms with Crippen LogP contribution in [0.2, 0.25) is 0 Å². The van der Waals surface area contributed by atoms with Crippen molar-refractivity contribution < 1.29 is 0 Å². The first-order valence-electron chi connectivity index (χ1n) is 5.14. The SMILES string of the molecule is C=C/C=C(\C(C)=CC)C(C)c1cnc[nH]1. The monoisotopic (exact) mass is 202 g/mol. The minimum Gasteiger partial charge on any atom is -0.348 e. The number of aromatic nitrogens is 2. The molecule has 1 N–H and O–H groups in total. The number of nitrogens with one attached hydrogen (secondary N) is 1. The summed E-state index contributed by atoms with van der Waals surface area (Å²) in [6.45, 7) is 10.1. The zero-order chi connectivity index (χ0) is 11.3. The highest BCUT2D eigenvalue weighted by molar-refractivity contribution is 5.38. The van der Waals surface area contributed by atoms with E-state index in [1.807, 2.05) is 19.2 Å². The Labute approximate surface area is 91.4 Å². The lowest BCUT2D eigenvalue weighted by atomic mass is 9.92. The number of imidazole rings is 1. The van der Waals surface area contributed by atoms with Crippen LogP contribution in [0.1, 0.15) is 32.4 Å². The number of rotatable bonds is 4. The number of H-pyrrole nitrogens is 1. The van der Waals surface area contributed by atoms with Crippen LogP contribution >= 0.6 is 0 Å². The number of hydrogen-bond donors (Lipinski definition) is 1. The van der Waals surface area contributed by atoms with E-state index in [1.165, 1.54) is 11.1 Å². The zero-order valence-electron chi connectivity index (χ0n) is 9.62. The van der Waals surface area contributed by atoms with Gasteiger partial charge in [0.05, 0.1) is 6.33 Å². The molecule has 1 atom stereocenters. The third-order valence-corrected chi connectivity index (χ3v) is 2.64. The molecule has 80 valence electrons. The fourth-order valence-corrected chi connectivity index (χ4v) is 1.58. The van der Waals surface area contributed by atoms with Crippen LogP contribution in [0.3, 0.4) is 0 Å². The van der Waals surface area contributed by atoms with Crippen LogP contribution in [-0.4, -0.2) is 9.97 Å². The summed E-state index contributed by atoms with van der Waals surface area (Å²) in [7, 11) is 0. The van der Waals surface area contributed by atoms with Crippen LogP contribution in [0.15, 0.2) is 48.5 Å². The first-order chi connectivity index (χ1) is 7.20. The van der Waals surface area contributed by atoms with Gasteiger partial charge in [-0.05, 0) is 19.4 Å². The van der Waals surface area contributed by atoms with E-state index in [4.69, 9.17) is 0 Å². The van der Waals surface area contributed by atoms with Crippen molar-refractivity contribution >= 4 is 0 Å². The third kappa shape index (κ3) is 2.69. The molecule has 1 rings (SSSR count). The van der Waals surface area contributed by atoms with E-state index < -0.39 is 0 Å². The molecule has 0 bridgehead atoms. The summed E-state index contributed by atoms with van der Waals surface area (Å²) in [5.41, 5.74) is 3.68. The van der Waals surface area contributed by atoms with Crippen LogP contribution in [-0.2, 0) is 0 Å². The van der Waals surface area contributed by atoms with Gasteiger partial charge < -0.3 is 4.98 Å². The first-order valence-corrected chi connectivity index (χ1v) is 5.14. The highest BCUT2D eigenvalue weighted by atomic mass is 14.9. The Kier molecular flexibility index (Phi) is 4.10. The molecule has 1 aromatic rings. The number of aromatic amines is 1. The second-order valence-electron chi connectivity index (χ2n) is 3.56. The molecule has 0 aliphatic heterocycles. The van der Waals surface area contributed by atoms with Crippen molar-refractivity contribution in [3.63, 3.8) is 0 Å². The van der Waals surface area contributed by atoms with Crippen LogP contribution in [0, 0.1) is 0 Å². The van der Waals surface area contributed by atoms with Crippen LogP contribution < -0.4 is 0 Å². The van der Waals surface area contributed by atoms with Gasteiger partial charge in [0.2, 0.25) is 0 Å². The summed E-state index contributed by atoms with van der Waals surface area (Å²) in [5, 5.41) is 0. The Morgan fingerprint density at radius 1 is 1.60 bits per heavy atom. The molecule has 0 radical (unpaired) electrons. The second-order valence-corrected chi connectivity index (χ2v) is 3.56. The van der Waals surface area contributed by atoms with Gasteiger partial charge in [-0.2, -0.15) is 0 Å². The van der Waals surface area contributed by atoms with Crippen molar-refractivity contribution in [3.05, 3.63) is 54.2 Å².